The molecule has 0 aromatic rings. The molecule has 0 heterocycles. The standard InChI is InChI=1S/C12H18O5/c1-8(17-12(15)16-4)6-5-7-11(9(2)13)10(3)14/h5-6,8,11H,7H2,1-4H3/b6-5+/t8-/m0/s1. The molecule has 0 amide bonds. The van der Waals surface area contributed by atoms with Crippen LogP contribution < -0.4 is 0 Å². The molecule has 17 heavy (non-hydrogen) atoms. The molecule has 0 fully saturated rings. The molecule has 0 aliphatic carbocycles. The van der Waals surface area contributed by atoms with Gasteiger partial charge in [-0.2, -0.15) is 0 Å². The van der Waals surface area contributed by atoms with Crippen LogP contribution in [0.1, 0.15) is 27.2 Å². The van der Waals surface area contributed by atoms with Crippen LogP contribution in [0.15, 0.2) is 12.2 Å². The summed E-state index contributed by atoms with van der Waals surface area (Å²) in [6.07, 6.45) is 2.36. The molecule has 1 atom stereocenters. The normalized spacial score (nSPS) is 12.5. The first-order valence-electron chi connectivity index (χ1n) is 5.30. The average molecular weight is 242 g/mol. The predicted octanol–water partition coefficient (Wildman–Crippen LogP) is 1.90. The van der Waals surface area contributed by atoms with Crippen molar-refractivity contribution < 1.29 is 23.9 Å². The van der Waals surface area contributed by atoms with E-state index in [1.54, 1.807) is 19.1 Å². The van der Waals surface area contributed by atoms with Gasteiger partial charge in [-0.25, -0.2) is 4.79 Å². The zero-order valence-electron chi connectivity index (χ0n) is 10.6. The van der Waals surface area contributed by atoms with Gasteiger partial charge in [0.15, 0.2) is 0 Å². The fourth-order valence-electron chi connectivity index (χ4n) is 1.26. The van der Waals surface area contributed by atoms with E-state index in [1.807, 2.05) is 0 Å². The molecule has 0 saturated heterocycles. The molecule has 0 N–H and O–H groups in total. The number of Topliss-reactive ketones (excluding diaryl/α,β-unsaturated/α-hetero) is 2. The van der Waals surface area contributed by atoms with Crippen molar-refractivity contribution >= 4 is 17.7 Å². The highest BCUT2D eigenvalue weighted by molar-refractivity contribution is 6.00. The van der Waals surface area contributed by atoms with Gasteiger partial charge in [0.25, 0.3) is 0 Å². The Morgan fingerprint density at radius 3 is 2.12 bits per heavy atom. The molecule has 0 aliphatic rings. The summed E-state index contributed by atoms with van der Waals surface area (Å²) in [4.78, 5) is 33.0. The van der Waals surface area contributed by atoms with Crippen LogP contribution in [0.2, 0.25) is 0 Å². The van der Waals surface area contributed by atoms with Crippen molar-refractivity contribution in [3.63, 3.8) is 0 Å². The molecular weight excluding hydrogens is 224 g/mol. The molecule has 0 bridgehead atoms. The minimum absolute atomic E-state index is 0.163. The summed E-state index contributed by atoms with van der Waals surface area (Å²) >= 11 is 0. The number of hydrogen-bond donors (Lipinski definition) is 0. The van der Waals surface area contributed by atoms with Gasteiger partial charge < -0.3 is 9.47 Å². The number of methoxy groups -OCH3 is 1. The van der Waals surface area contributed by atoms with Gasteiger partial charge in [0, 0.05) is 0 Å². The lowest BCUT2D eigenvalue weighted by molar-refractivity contribution is -0.130. The summed E-state index contributed by atoms with van der Waals surface area (Å²) in [6.45, 7) is 4.42. The van der Waals surface area contributed by atoms with Crippen LogP contribution in [-0.2, 0) is 19.1 Å². The topological polar surface area (TPSA) is 69.7 Å². The lowest BCUT2D eigenvalue weighted by Crippen LogP contribution is -2.18. The maximum Gasteiger partial charge on any atom is 0.508 e. The Bertz CT molecular complexity index is 305. The summed E-state index contributed by atoms with van der Waals surface area (Å²) in [5.74, 6) is -0.941. The second-order valence-corrected chi connectivity index (χ2v) is 3.71. The highest BCUT2D eigenvalue weighted by Crippen LogP contribution is 2.08. The third-order valence-corrected chi connectivity index (χ3v) is 2.21. The minimum Gasteiger partial charge on any atom is -0.438 e. The van der Waals surface area contributed by atoms with E-state index in [4.69, 9.17) is 4.74 Å². The van der Waals surface area contributed by atoms with E-state index in [0.717, 1.165) is 0 Å². The van der Waals surface area contributed by atoms with Crippen LogP contribution in [0.25, 0.3) is 0 Å². The number of rotatable bonds is 6. The summed E-state index contributed by atoms with van der Waals surface area (Å²) in [5.41, 5.74) is 0. The van der Waals surface area contributed by atoms with Crippen molar-refractivity contribution in [2.75, 3.05) is 7.11 Å². The van der Waals surface area contributed by atoms with Crippen molar-refractivity contribution in [1.29, 1.82) is 0 Å². The van der Waals surface area contributed by atoms with Crippen LogP contribution in [0.3, 0.4) is 0 Å². The van der Waals surface area contributed by atoms with Crippen molar-refractivity contribution in [1.82, 2.24) is 0 Å². The molecule has 0 aromatic carbocycles. The Balaban J connectivity index is 4.20. The monoisotopic (exact) mass is 242 g/mol. The Morgan fingerprint density at radius 1 is 1.18 bits per heavy atom. The van der Waals surface area contributed by atoms with Gasteiger partial charge in [0.2, 0.25) is 0 Å². The maximum atomic E-state index is 11.1. The van der Waals surface area contributed by atoms with E-state index in [9.17, 15) is 14.4 Å². The smallest absolute Gasteiger partial charge is 0.438 e. The molecule has 0 spiro atoms. The maximum absolute atomic E-state index is 11.1. The first-order chi connectivity index (χ1) is 7.88. The quantitative estimate of drug-likeness (QED) is 0.404. The van der Waals surface area contributed by atoms with Crippen LogP contribution in [0.5, 0.6) is 0 Å². The average Bonchev–Trinajstić information content (AvgIpc) is 2.22. The van der Waals surface area contributed by atoms with Gasteiger partial charge in [-0.3, -0.25) is 9.59 Å². The van der Waals surface area contributed by atoms with E-state index in [-0.39, 0.29) is 11.6 Å². The number of hydrogen-bond acceptors (Lipinski definition) is 5. The fraction of sp³-hybridized carbons (Fsp3) is 0.583. The Morgan fingerprint density at radius 2 is 1.71 bits per heavy atom. The van der Waals surface area contributed by atoms with E-state index in [1.165, 1.54) is 21.0 Å². The third kappa shape index (κ3) is 6.50. The molecule has 0 radical (unpaired) electrons. The summed E-state index contributed by atoms with van der Waals surface area (Å²) in [6, 6.07) is 0. The lowest BCUT2D eigenvalue weighted by Gasteiger charge is -2.09. The molecule has 5 heteroatoms. The highest BCUT2D eigenvalue weighted by atomic mass is 16.7. The first kappa shape index (κ1) is 15.3. The van der Waals surface area contributed by atoms with Crippen molar-refractivity contribution in [3.05, 3.63) is 12.2 Å². The molecular formula is C12H18O5. The zero-order chi connectivity index (χ0) is 13.4. The van der Waals surface area contributed by atoms with Crippen LogP contribution >= 0.6 is 0 Å². The summed E-state index contributed by atoms with van der Waals surface area (Å²) < 4.78 is 9.11. The van der Waals surface area contributed by atoms with Crippen LogP contribution in [0, 0.1) is 5.92 Å². The van der Waals surface area contributed by atoms with Gasteiger partial charge >= 0.3 is 6.16 Å². The van der Waals surface area contributed by atoms with Gasteiger partial charge in [0.1, 0.15) is 17.7 Å². The van der Waals surface area contributed by atoms with E-state index >= 15 is 0 Å². The molecule has 0 unspecified atom stereocenters. The van der Waals surface area contributed by atoms with Gasteiger partial charge in [0.05, 0.1) is 13.0 Å². The van der Waals surface area contributed by atoms with Crippen LogP contribution in [0.4, 0.5) is 4.79 Å². The van der Waals surface area contributed by atoms with Crippen molar-refractivity contribution in [3.8, 4) is 0 Å². The lowest BCUT2D eigenvalue weighted by atomic mass is 9.97. The number of carbonyl (C=O) groups is 3. The fourth-order valence-corrected chi connectivity index (χ4v) is 1.26. The van der Waals surface area contributed by atoms with Gasteiger partial charge in [-0.05, 0) is 33.3 Å². The zero-order valence-corrected chi connectivity index (χ0v) is 10.6. The summed E-state index contributed by atoms with van der Waals surface area (Å²) in [5, 5.41) is 0. The van der Waals surface area contributed by atoms with E-state index in [0.29, 0.717) is 6.42 Å². The number of ketones is 2. The summed E-state index contributed by atoms with van der Waals surface area (Å²) in [7, 11) is 1.22. The third-order valence-electron chi connectivity index (χ3n) is 2.21. The van der Waals surface area contributed by atoms with E-state index in [2.05, 4.69) is 4.74 Å². The minimum atomic E-state index is -0.767. The number of ether oxygens (including phenoxy) is 2. The van der Waals surface area contributed by atoms with Gasteiger partial charge in [-0.15, -0.1) is 0 Å². The largest absolute Gasteiger partial charge is 0.508 e. The predicted molar refractivity (Wildman–Crippen MR) is 61.6 cm³/mol. The molecule has 96 valence electrons. The molecule has 5 nitrogen and oxygen atoms in total. The van der Waals surface area contributed by atoms with Crippen molar-refractivity contribution in [2.24, 2.45) is 5.92 Å². The Hall–Kier alpha value is -1.65. The first-order valence-corrected chi connectivity index (χ1v) is 5.30. The Kier molecular flexibility index (Phi) is 6.86. The van der Waals surface area contributed by atoms with E-state index < -0.39 is 18.2 Å². The second-order valence-electron chi connectivity index (χ2n) is 3.71. The SMILES string of the molecule is COC(=O)O[C@@H](C)/C=C/CC(C(C)=O)C(C)=O. The number of carbonyl (C=O) groups excluding carboxylic acids is 3. The van der Waals surface area contributed by atoms with Gasteiger partial charge in [-0.1, -0.05) is 6.08 Å². The second kappa shape index (κ2) is 7.60. The van der Waals surface area contributed by atoms with Crippen molar-refractivity contribution in [2.45, 2.75) is 33.3 Å². The molecule has 0 rings (SSSR count). The molecule has 0 aromatic heterocycles. The molecule has 0 saturated carbocycles. The number of allylic oxidation sites excluding steroid dienone is 1. The Labute approximate surface area is 101 Å². The highest BCUT2D eigenvalue weighted by Gasteiger charge is 2.17. The molecule has 0 aliphatic heterocycles. The van der Waals surface area contributed by atoms with Crippen LogP contribution in [-0.4, -0.2) is 30.9 Å².